The van der Waals surface area contributed by atoms with Crippen molar-refractivity contribution in [1.82, 2.24) is 0 Å². The third kappa shape index (κ3) is 3.57. The molecule has 0 aliphatic rings. The molecule has 0 unspecified atom stereocenters. The molecule has 1 aromatic carbocycles. The third-order valence-corrected chi connectivity index (χ3v) is 3.01. The van der Waals surface area contributed by atoms with Crippen LogP contribution in [-0.2, 0) is 4.79 Å². The first-order valence-corrected chi connectivity index (χ1v) is 6.60. The van der Waals surface area contributed by atoms with Crippen molar-refractivity contribution < 1.29 is 4.79 Å². The normalized spacial score (nSPS) is 11.1. The van der Waals surface area contributed by atoms with Crippen LogP contribution in [0.2, 0.25) is 0 Å². The molecule has 0 aliphatic heterocycles. The van der Waals surface area contributed by atoms with Crippen LogP contribution in [0.25, 0.3) is 0 Å². The van der Waals surface area contributed by atoms with E-state index in [0.29, 0.717) is 24.8 Å². The lowest BCUT2D eigenvalue weighted by Crippen LogP contribution is -2.18. The fourth-order valence-electron chi connectivity index (χ4n) is 2.03. The van der Waals surface area contributed by atoms with Gasteiger partial charge in [0.25, 0.3) is 0 Å². The number of carbonyl (C=O) groups is 1. The van der Waals surface area contributed by atoms with Crippen LogP contribution in [0.3, 0.4) is 0 Å². The topological polar surface area (TPSA) is 55.1 Å². The van der Waals surface area contributed by atoms with E-state index in [1.165, 1.54) is 11.1 Å². The van der Waals surface area contributed by atoms with Gasteiger partial charge < -0.3 is 11.1 Å². The highest BCUT2D eigenvalue weighted by molar-refractivity contribution is 5.92. The van der Waals surface area contributed by atoms with Gasteiger partial charge in [-0.3, -0.25) is 4.79 Å². The molecule has 0 aromatic heterocycles. The molecule has 0 bridgehead atoms. The lowest BCUT2D eigenvalue weighted by Gasteiger charge is -2.20. The minimum Gasteiger partial charge on any atom is -0.330 e. The zero-order valence-electron chi connectivity index (χ0n) is 11.8. The van der Waals surface area contributed by atoms with Crippen molar-refractivity contribution in [3.05, 3.63) is 29.3 Å². The molecule has 0 fully saturated rings. The summed E-state index contributed by atoms with van der Waals surface area (Å²) >= 11 is 0. The monoisotopic (exact) mass is 248 g/mol. The van der Waals surface area contributed by atoms with Crippen LogP contribution >= 0.6 is 0 Å². The molecule has 1 aromatic rings. The van der Waals surface area contributed by atoms with Crippen molar-refractivity contribution in [1.29, 1.82) is 0 Å². The number of rotatable bonds is 5. The van der Waals surface area contributed by atoms with Gasteiger partial charge >= 0.3 is 0 Å². The van der Waals surface area contributed by atoms with Gasteiger partial charge in [0.1, 0.15) is 0 Å². The highest BCUT2D eigenvalue weighted by Gasteiger charge is 2.15. The number of carbonyl (C=O) groups excluding carboxylic acids is 1. The second kappa shape index (κ2) is 6.55. The maximum Gasteiger partial charge on any atom is 0.225 e. The quantitative estimate of drug-likeness (QED) is 0.840. The second-order valence-corrected chi connectivity index (χ2v) is 5.21. The highest BCUT2D eigenvalue weighted by atomic mass is 16.1. The fraction of sp³-hybridized carbons (Fsp3) is 0.533. The van der Waals surface area contributed by atoms with Crippen molar-refractivity contribution in [3.63, 3.8) is 0 Å². The Morgan fingerprint density at radius 3 is 2.06 bits per heavy atom. The lowest BCUT2D eigenvalue weighted by atomic mass is 9.92. The van der Waals surface area contributed by atoms with Crippen LogP contribution in [0.5, 0.6) is 0 Å². The summed E-state index contributed by atoms with van der Waals surface area (Å²) < 4.78 is 0. The zero-order chi connectivity index (χ0) is 13.7. The van der Waals surface area contributed by atoms with Gasteiger partial charge in [0.05, 0.1) is 0 Å². The Morgan fingerprint density at radius 2 is 1.67 bits per heavy atom. The Labute approximate surface area is 110 Å². The number of anilines is 1. The summed E-state index contributed by atoms with van der Waals surface area (Å²) in [4.78, 5) is 11.8. The van der Waals surface area contributed by atoms with E-state index in [2.05, 4.69) is 51.2 Å². The largest absolute Gasteiger partial charge is 0.330 e. The van der Waals surface area contributed by atoms with Crippen LogP contribution in [0, 0.1) is 0 Å². The van der Waals surface area contributed by atoms with Gasteiger partial charge in [-0.1, -0.05) is 45.9 Å². The van der Waals surface area contributed by atoms with Gasteiger partial charge in [0, 0.05) is 18.7 Å². The molecule has 3 heteroatoms. The lowest BCUT2D eigenvalue weighted by molar-refractivity contribution is -0.116. The average molecular weight is 248 g/mol. The Hall–Kier alpha value is -1.35. The third-order valence-electron chi connectivity index (χ3n) is 3.01. The summed E-state index contributed by atoms with van der Waals surface area (Å²) in [5.41, 5.74) is 8.76. The Morgan fingerprint density at radius 1 is 1.17 bits per heavy atom. The van der Waals surface area contributed by atoms with Crippen LogP contribution in [0.15, 0.2) is 18.2 Å². The van der Waals surface area contributed by atoms with E-state index in [4.69, 9.17) is 5.73 Å². The molecule has 0 aliphatic carbocycles. The predicted molar refractivity (Wildman–Crippen MR) is 76.9 cm³/mol. The minimum absolute atomic E-state index is 0.00694. The number of para-hydroxylation sites is 1. The van der Waals surface area contributed by atoms with Gasteiger partial charge in [-0.2, -0.15) is 0 Å². The first-order chi connectivity index (χ1) is 8.47. The molecule has 18 heavy (non-hydrogen) atoms. The first kappa shape index (κ1) is 14.7. The summed E-state index contributed by atoms with van der Waals surface area (Å²) in [5, 5.41) is 3.02. The molecule has 0 heterocycles. The van der Waals surface area contributed by atoms with Gasteiger partial charge in [-0.15, -0.1) is 0 Å². The predicted octanol–water partition coefficient (Wildman–Crippen LogP) is 3.22. The smallest absolute Gasteiger partial charge is 0.225 e. The number of hydrogen-bond acceptors (Lipinski definition) is 2. The molecule has 3 N–H and O–H groups in total. The van der Waals surface area contributed by atoms with E-state index in [0.717, 1.165) is 5.69 Å². The standard InChI is InChI=1S/C15H24N2O/c1-10(2)12-6-5-7-13(11(3)4)15(12)17-14(18)8-9-16/h5-7,10-11H,8-9,16H2,1-4H3,(H,17,18). The van der Waals surface area contributed by atoms with E-state index in [9.17, 15) is 4.79 Å². The van der Waals surface area contributed by atoms with Gasteiger partial charge in [-0.25, -0.2) is 0 Å². The number of benzene rings is 1. The van der Waals surface area contributed by atoms with Gasteiger partial charge in [0.2, 0.25) is 5.91 Å². The van der Waals surface area contributed by atoms with E-state index < -0.39 is 0 Å². The van der Waals surface area contributed by atoms with E-state index in [1.807, 2.05) is 0 Å². The molecular formula is C15H24N2O. The average Bonchev–Trinajstić information content (AvgIpc) is 2.28. The summed E-state index contributed by atoms with van der Waals surface area (Å²) in [6, 6.07) is 6.21. The molecule has 0 saturated heterocycles. The Bertz CT molecular complexity index is 385. The van der Waals surface area contributed by atoms with E-state index >= 15 is 0 Å². The second-order valence-electron chi connectivity index (χ2n) is 5.21. The minimum atomic E-state index is -0.00694. The van der Waals surface area contributed by atoms with Crippen LogP contribution in [0.4, 0.5) is 5.69 Å². The van der Waals surface area contributed by atoms with Crippen LogP contribution in [-0.4, -0.2) is 12.5 Å². The maximum absolute atomic E-state index is 11.8. The highest BCUT2D eigenvalue weighted by Crippen LogP contribution is 2.32. The van der Waals surface area contributed by atoms with Gasteiger partial charge in [0.15, 0.2) is 0 Å². The first-order valence-electron chi connectivity index (χ1n) is 6.60. The number of nitrogens with one attached hydrogen (secondary N) is 1. The van der Waals surface area contributed by atoms with Crippen molar-refractivity contribution in [2.24, 2.45) is 5.73 Å². The Balaban J connectivity index is 3.14. The fourth-order valence-corrected chi connectivity index (χ4v) is 2.03. The molecule has 1 rings (SSSR count). The van der Waals surface area contributed by atoms with Crippen molar-refractivity contribution >= 4 is 11.6 Å². The molecule has 100 valence electrons. The maximum atomic E-state index is 11.8. The number of amides is 1. The molecule has 0 spiro atoms. The summed E-state index contributed by atoms with van der Waals surface area (Å²) in [5.74, 6) is 0.765. The summed E-state index contributed by atoms with van der Waals surface area (Å²) in [7, 11) is 0. The van der Waals surface area contributed by atoms with E-state index in [-0.39, 0.29) is 5.91 Å². The van der Waals surface area contributed by atoms with Crippen LogP contribution < -0.4 is 11.1 Å². The van der Waals surface area contributed by atoms with Gasteiger partial charge in [-0.05, 0) is 23.0 Å². The molecule has 3 nitrogen and oxygen atoms in total. The summed E-state index contributed by atoms with van der Waals surface area (Å²) in [6.45, 7) is 8.93. The molecule has 0 atom stereocenters. The molecule has 0 saturated carbocycles. The van der Waals surface area contributed by atoms with Crippen molar-refractivity contribution in [3.8, 4) is 0 Å². The molecule has 1 amide bonds. The van der Waals surface area contributed by atoms with Crippen molar-refractivity contribution in [2.45, 2.75) is 46.0 Å². The Kier molecular flexibility index (Phi) is 5.35. The van der Waals surface area contributed by atoms with E-state index in [1.54, 1.807) is 0 Å². The molecular weight excluding hydrogens is 224 g/mol. The van der Waals surface area contributed by atoms with Crippen LogP contribution in [0.1, 0.15) is 57.1 Å². The van der Waals surface area contributed by atoms with Crippen molar-refractivity contribution in [2.75, 3.05) is 11.9 Å². The summed E-state index contributed by atoms with van der Waals surface area (Å²) in [6.07, 6.45) is 0.365. The number of hydrogen-bond donors (Lipinski definition) is 2. The SMILES string of the molecule is CC(C)c1cccc(C(C)C)c1NC(=O)CCN. The number of nitrogens with two attached hydrogens (primary N) is 1. The zero-order valence-corrected chi connectivity index (χ0v) is 11.8. The molecule has 0 radical (unpaired) electrons.